The van der Waals surface area contributed by atoms with Gasteiger partial charge >= 0.3 is 0 Å². The van der Waals surface area contributed by atoms with Crippen LogP contribution in [0.4, 0.5) is 0 Å². The molecule has 2 heterocycles. The molecule has 0 saturated carbocycles. The van der Waals surface area contributed by atoms with Gasteiger partial charge in [-0.15, -0.1) is 0 Å². The second-order valence-electron chi connectivity index (χ2n) is 4.10. The zero-order valence-corrected chi connectivity index (χ0v) is 9.06. The van der Waals surface area contributed by atoms with Crippen molar-refractivity contribution in [3.05, 3.63) is 0 Å². The highest BCUT2D eigenvalue weighted by molar-refractivity contribution is 9.09. The summed E-state index contributed by atoms with van der Waals surface area (Å²) in [6, 6.07) is 0. The van der Waals surface area contributed by atoms with E-state index in [0.29, 0.717) is 17.6 Å². The number of ether oxygens (including phenoxy) is 1. The van der Waals surface area contributed by atoms with E-state index in [-0.39, 0.29) is 0 Å². The van der Waals surface area contributed by atoms with Crippen molar-refractivity contribution in [1.82, 2.24) is 5.32 Å². The molecule has 0 amide bonds. The smallest absolute Gasteiger partial charge is 0.0668 e. The maximum atomic E-state index is 5.89. The quantitative estimate of drug-likeness (QED) is 0.695. The van der Waals surface area contributed by atoms with Crippen LogP contribution in [0.1, 0.15) is 19.8 Å². The first-order chi connectivity index (χ1) is 5.77. The predicted molar refractivity (Wildman–Crippen MR) is 52.7 cm³/mol. The highest BCUT2D eigenvalue weighted by Crippen LogP contribution is 2.42. The Kier molecular flexibility index (Phi) is 2.45. The molecule has 1 N–H and O–H groups in total. The number of halogens is 1. The minimum absolute atomic E-state index is 0.387. The molecule has 0 radical (unpaired) electrons. The highest BCUT2D eigenvalue weighted by atomic mass is 79.9. The van der Waals surface area contributed by atoms with Crippen LogP contribution in [0, 0.1) is 5.41 Å². The molecule has 3 heteroatoms. The second kappa shape index (κ2) is 3.28. The van der Waals surface area contributed by atoms with Gasteiger partial charge in [0.25, 0.3) is 0 Å². The molecule has 12 heavy (non-hydrogen) atoms. The molecule has 2 aliphatic heterocycles. The van der Waals surface area contributed by atoms with Crippen LogP contribution < -0.4 is 5.32 Å². The van der Waals surface area contributed by atoms with E-state index in [1.54, 1.807) is 0 Å². The Labute approximate surface area is 82.2 Å². The van der Waals surface area contributed by atoms with E-state index in [1.807, 2.05) is 0 Å². The number of fused-ring (bicyclic) bond motifs is 1. The summed E-state index contributed by atoms with van der Waals surface area (Å²) in [5.41, 5.74) is 0.387. The van der Waals surface area contributed by atoms with Crippen LogP contribution in [0.3, 0.4) is 0 Å². The Bertz CT molecular complexity index is 176. The van der Waals surface area contributed by atoms with Crippen molar-refractivity contribution < 1.29 is 4.74 Å². The maximum Gasteiger partial charge on any atom is 0.0668 e. The standard InChI is InChI=1S/C9H16BrNO/c1-7-4-9(5-10)6-11-3-2-8(9)12-7/h7-8,11H,2-6H2,1H3/t7-,8+,9+/m1/s1. The molecule has 0 bridgehead atoms. The molecular weight excluding hydrogens is 218 g/mol. The van der Waals surface area contributed by atoms with Crippen molar-refractivity contribution in [2.45, 2.75) is 32.0 Å². The summed E-state index contributed by atoms with van der Waals surface area (Å²) in [6.07, 6.45) is 3.33. The zero-order chi connectivity index (χ0) is 8.60. The Hall–Kier alpha value is 0.400. The van der Waals surface area contributed by atoms with Gasteiger partial charge in [0.1, 0.15) is 0 Å². The number of nitrogens with one attached hydrogen (secondary N) is 1. The summed E-state index contributed by atoms with van der Waals surface area (Å²) in [5.74, 6) is 0. The first-order valence-corrected chi connectivity index (χ1v) is 5.81. The van der Waals surface area contributed by atoms with Gasteiger partial charge in [-0.25, -0.2) is 0 Å². The van der Waals surface area contributed by atoms with E-state index in [1.165, 1.54) is 12.8 Å². The fraction of sp³-hybridized carbons (Fsp3) is 1.00. The van der Waals surface area contributed by atoms with E-state index in [4.69, 9.17) is 4.74 Å². The third kappa shape index (κ3) is 1.32. The lowest BCUT2D eigenvalue weighted by Gasteiger charge is -2.36. The van der Waals surface area contributed by atoms with E-state index < -0.39 is 0 Å². The Morgan fingerprint density at radius 3 is 3.17 bits per heavy atom. The molecule has 0 aliphatic carbocycles. The topological polar surface area (TPSA) is 21.3 Å². The predicted octanol–water partition coefficient (Wildman–Crippen LogP) is 1.54. The lowest BCUT2D eigenvalue weighted by molar-refractivity contribution is 0.00811. The number of rotatable bonds is 1. The van der Waals surface area contributed by atoms with Crippen molar-refractivity contribution in [1.29, 1.82) is 0 Å². The summed E-state index contributed by atoms with van der Waals surface area (Å²) in [5, 5.41) is 4.53. The molecule has 0 spiro atoms. The lowest BCUT2D eigenvalue weighted by atomic mass is 9.78. The summed E-state index contributed by atoms with van der Waals surface area (Å²) in [6.45, 7) is 4.42. The molecule has 2 aliphatic rings. The fourth-order valence-corrected chi connectivity index (χ4v) is 3.28. The van der Waals surface area contributed by atoms with Gasteiger partial charge in [0.15, 0.2) is 0 Å². The molecule has 70 valence electrons. The van der Waals surface area contributed by atoms with Gasteiger partial charge in [-0.3, -0.25) is 0 Å². The molecule has 0 aromatic rings. The molecular formula is C9H16BrNO. The van der Waals surface area contributed by atoms with Crippen LogP contribution in [-0.4, -0.2) is 30.6 Å². The molecule has 0 unspecified atom stereocenters. The van der Waals surface area contributed by atoms with E-state index in [0.717, 1.165) is 18.4 Å². The molecule has 0 aromatic carbocycles. The molecule has 2 fully saturated rings. The zero-order valence-electron chi connectivity index (χ0n) is 7.48. The highest BCUT2D eigenvalue weighted by Gasteiger charge is 2.47. The maximum absolute atomic E-state index is 5.89. The molecule has 2 nitrogen and oxygen atoms in total. The van der Waals surface area contributed by atoms with Crippen molar-refractivity contribution in [3.8, 4) is 0 Å². The van der Waals surface area contributed by atoms with Gasteiger partial charge in [0.05, 0.1) is 12.2 Å². The number of hydrogen-bond donors (Lipinski definition) is 1. The largest absolute Gasteiger partial charge is 0.375 e. The number of piperidine rings is 1. The number of alkyl halides is 1. The Morgan fingerprint density at radius 2 is 2.50 bits per heavy atom. The third-order valence-electron chi connectivity index (χ3n) is 3.10. The fourth-order valence-electron chi connectivity index (χ4n) is 2.50. The van der Waals surface area contributed by atoms with Gasteiger partial charge in [-0.1, -0.05) is 15.9 Å². The summed E-state index contributed by atoms with van der Waals surface area (Å²) in [7, 11) is 0. The lowest BCUT2D eigenvalue weighted by Crippen LogP contribution is -2.48. The van der Waals surface area contributed by atoms with Gasteiger partial charge in [0.2, 0.25) is 0 Å². The van der Waals surface area contributed by atoms with E-state index in [2.05, 4.69) is 28.2 Å². The van der Waals surface area contributed by atoms with Crippen LogP contribution in [0.15, 0.2) is 0 Å². The Balaban J connectivity index is 2.14. The van der Waals surface area contributed by atoms with Crippen molar-refractivity contribution in [2.75, 3.05) is 18.4 Å². The summed E-state index contributed by atoms with van der Waals surface area (Å²) in [4.78, 5) is 0. The second-order valence-corrected chi connectivity index (χ2v) is 4.66. The van der Waals surface area contributed by atoms with Crippen LogP contribution >= 0.6 is 15.9 Å². The number of hydrogen-bond acceptors (Lipinski definition) is 2. The average molecular weight is 234 g/mol. The molecule has 0 aromatic heterocycles. The first kappa shape index (κ1) is 8.97. The van der Waals surface area contributed by atoms with Crippen LogP contribution in [0.25, 0.3) is 0 Å². The van der Waals surface area contributed by atoms with E-state index >= 15 is 0 Å². The van der Waals surface area contributed by atoms with Crippen LogP contribution in [-0.2, 0) is 4.74 Å². The summed E-state index contributed by atoms with van der Waals surface area (Å²) < 4.78 is 5.89. The van der Waals surface area contributed by atoms with Gasteiger partial charge in [0, 0.05) is 17.3 Å². The van der Waals surface area contributed by atoms with Gasteiger partial charge < -0.3 is 10.1 Å². The minimum Gasteiger partial charge on any atom is -0.375 e. The van der Waals surface area contributed by atoms with Crippen molar-refractivity contribution in [3.63, 3.8) is 0 Å². The van der Waals surface area contributed by atoms with Gasteiger partial charge in [-0.2, -0.15) is 0 Å². The Morgan fingerprint density at radius 1 is 1.67 bits per heavy atom. The summed E-state index contributed by atoms with van der Waals surface area (Å²) >= 11 is 3.62. The van der Waals surface area contributed by atoms with Crippen molar-refractivity contribution >= 4 is 15.9 Å². The molecule has 2 saturated heterocycles. The molecule has 2 rings (SSSR count). The van der Waals surface area contributed by atoms with E-state index in [9.17, 15) is 0 Å². The van der Waals surface area contributed by atoms with Crippen molar-refractivity contribution in [2.24, 2.45) is 5.41 Å². The normalized spacial score (nSPS) is 47.5. The molecule has 3 atom stereocenters. The van der Waals surface area contributed by atoms with Gasteiger partial charge in [-0.05, 0) is 26.3 Å². The van der Waals surface area contributed by atoms with Crippen LogP contribution in [0.5, 0.6) is 0 Å². The minimum atomic E-state index is 0.387. The van der Waals surface area contributed by atoms with Crippen LogP contribution in [0.2, 0.25) is 0 Å². The monoisotopic (exact) mass is 233 g/mol. The average Bonchev–Trinajstić information content (AvgIpc) is 2.41. The third-order valence-corrected chi connectivity index (χ3v) is 4.22. The first-order valence-electron chi connectivity index (χ1n) is 4.69. The SMILES string of the molecule is C[C@@H]1C[C@]2(CBr)CNCC[C@@H]2O1.